The van der Waals surface area contributed by atoms with E-state index in [4.69, 9.17) is 4.74 Å². The Balaban J connectivity index is 1.73. The number of hydrogen-bond acceptors (Lipinski definition) is 4. The molecule has 6 heteroatoms. The molecule has 1 aromatic heterocycles. The van der Waals surface area contributed by atoms with E-state index in [0.717, 1.165) is 62.2 Å². The second-order valence-corrected chi connectivity index (χ2v) is 6.29. The van der Waals surface area contributed by atoms with Gasteiger partial charge >= 0.3 is 0 Å². The van der Waals surface area contributed by atoms with Crippen molar-refractivity contribution in [2.75, 3.05) is 33.3 Å². The van der Waals surface area contributed by atoms with Gasteiger partial charge in [-0.3, -0.25) is 4.99 Å². The van der Waals surface area contributed by atoms with Crippen LogP contribution >= 0.6 is 11.3 Å². The molecule has 0 aromatic carbocycles. The SMILES string of the molecule is CCOC1CCN(C(=NC)NCCc2csc(C)n2)CC1. The van der Waals surface area contributed by atoms with Gasteiger partial charge in [0.25, 0.3) is 0 Å². The maximum Gasteiger partial charge on any atom is 0.193 e. The molecule has 1 aliphatic heterocycles. The van der Waals surface area contributed by atoms with Crippen LogP contribution in [0.5, 0.6) is 0 Å². The zero-order valence-electron chi connectivity index (χ0n) is 13.3. The lowest BCUT2D eigenvalue weighted by molar-refractivity contribution is 0.0264. The number of thiazole rings is 1. The van der Waals surface area contributed by atoms with Gasteiger partial charge in [-0.25, -0.2) is 4.98 Å². The van der Waals surface area contributed by atoms with Crippen LogP contribution < -0.4 is 5.32 Å². The van der Waals surface area contributed by atoms with Gasteiger partial charge in [-0.15, -0.1) is 11.3 Å². The summed E-state index contributed by atoms with van der Waals surface area (Å²) in [5, 5.41) is 6.71. The van der Waals surface area contributed by atoms with Crippen LogP contribution in [0.1, 0.15) is 30.5 Å². The molecule has 1 aromatic rings. The van der Waals surface area contributed by atoms with Crippen molar-refractivity contribution >= 4 is 17.3 Å². The molecule has 2 heterocycles. The minimum atomic E-state index is 0.419. The zero-order chi connectivity index (χ0) is 15.1. The predicted octanol–water partition coefficient (Wildman–Crippen LogP) is 2.07. The second kappa shape index (κ2) is 8.34. The fraction of sp³-hybridized carbons (Fsp3) is 0.733. The smallest absolute Gasteiger partial charge is 0.193 e. The number of likely N-dealkylation sites (tertiary alicyclic amines) is 1. The molecule has 1 N–H and O–H groups in total. The summed E-state index contributed by atoms with van der Waals surface area (Å²) < 4.78 is 5.69. The zero-order valence-corrected chi connectivity index (χ0v) is 14.1. The fourth-order valence-corrected chi connectivity index (χ4v) is 3.27. The van der Waals surface area contributed by atoms with Crippen LogP contribution in [0.4, 0.5) is 0 Å². The van der Waals surface area contributed by atoms with Gasteiger partial charge in [0, 0.05) is 45.1 Å². The van der Waals surface area contributed by atoms with Crippen molar-refractivity contribution in [3.8, 4) is 0 Å². The molecule has 1 saturated heterocycles. The van der Waals surface area contributed by atoms with Crippen molar-refractivity contribution in [2.24, 2.45) is 4.99 Å². The molecule has 5 nitrogen and oxygen atoms in total. The van der Waals surface area contributed by atoms with Crippen LogP contribution in [-0.2, 0) is 11.2 Å². The largest absolute Gasteiger partial charge is 0.378 e. The number of ether oxygens (including phenoxy) is 1. The Kier molecular flexibility index (Phi) is 6.45. The number of aromatic nitrogens is 1. The first-order valence-electron chi connectivity index (χ1n) is 7.71. The number of nitrogens with zero attached hydrogens (tertiary/aromatic N) is 3. The Morgan fingerprint density at radius 2 is 2.29 bits per heavy atom. The van der Waals surface area contributed by atoms with Crippen LogP contribution in [0.25, 0.3) is 0 Å². The lowest BCUT2D eigenvalue weighted by atomic mass is 10.1. The van der Waals surface area contributed by atoms with Gasteiger partial charge < -0.3 is 15.0 Å². The average molecular weight is 310 g/mol. The van der Waals surface area contributed by atoms with E-state index in [1.807, 2.05) is 14.0 Å². The van der Waals surface area contributed by atoms with Crippen molar-refractivity contribution in [2.45, 2.75) is 39.2 Å². The molecule has 0 radical (unpaired) electrons. The second-order valence-electron chi connectivity index (χ2n) is 5.22. The van der Waals surface area contributed by atoms with E-state index in [-0.39, 0.29) is 0 Å². The quantitative estimate of drug-likeness (QED) is 0.668. The molecule has 0 spiro atoms. The van der Waals surface area contributed by atoms with Crippen molar-refractivity contribution in [3.63, 3.8) is 0 Å². The van der Waals surface area contributed by atoms with Crippen LogP contribution in [0.15, 0.2) is 10.4 Å². The molecule has 21 heavy (non-hydrogen) atoms. The van der Waals surface area contributed by atoms with E-state index >= 15 is 0 Å². The standard InChI is InChI=1S/C15H26N4OS/c1-4-20-14-6-9-19(10-7-14)15(16-3)17-8-5-13-11-21-12(2)18-13/h11,14H,4-10H2,1-3H3,(H,16,17). The summed E-state index contributed by atoms with van der Waals surface area (Å²) in [6.07, 6.45) is 3.53. The van der Waals surface area contributed by atoms with Crippen LogP contribution in [0.3, 0.4) is 0 Å². The summed E-state index contributed by atoms with van der Waals surface area (Å²) in [7, 11) is 1.85. The molecule has 118 valence electrons. The first-order valence-corrected chi connectivity index (χ1v) is 8.59. The molecule has 0 amide bonds. The molecule has 2 rings (SSSR count). The highest BCUT2D eigenvalue weighted by molar-refractivity contribution is 7.09. The Bertz CT molecular complexity index is 452. The van der Waals surface area contributed by atoms with E-state index in [1.54, 1.807) is 11.3 Å². The van der Waals surface area contributed by atoms with Gasteiger partial charge in [-0.2, -0.15) is 0 Å². The van der Waals surface area contributed by atoms with Crippen molar-refractivity contribution in [1.29, 1.82) is 0 Å². The predicted molar refractivity (Wildman–Crippen MR) is 88.1 cm³/mol. The van der Waals surface area contributed by atoms with Crippen molar-refractivity contribution in [1.82, 2.24) is 15.2 Å². The normalized spacial score (nSPS) is 17.3. The number of piperidine rings is 1. The highest BCUT2D eigenvalue weighted by atomic mass is 32.1. The van der Waals surface area contributed by atoms with Gasteiger partial charge in [0.2, 0.25) is 0 Å². The molecule has 0 atom stereocenters. The monoisotopic (exact) mass is 310 g/mol. The molecular formula is C15H26N4OS. The van der Waals surface area contributed by atoms with E-state index in [9.17, 15) is 0 Å². The Labute approximate surface area is 131 Å². The highest BCUT2D eigenvalue weighted by Gasteiger charge is 2.21. The van der Waals surface area contributed by atoms with Gasteiger partial charge in [-0.05, 0) is 26.7 Å². The molecule has 1 fully saturated rings. The summed E-state index contributed by atoms with van der Waals surface area (Å²) in [6.45, 7) is 7.82. The minimum Gasteiger partial charge on any atom is -0.378 e. The van der Waals surface area contributed by atoms with Crippen molar-refractivity contribution < 1.29 is 4.74 Å². The molecule has 0 unspecified atom stereocenters. The summed E-state index contributed by atoms with van der Waals surface area (Å²) in [5.74, 6) is 0.997. The molecule has 0 aliphatic carbocycles. The minimum absolute atomic E-state index is 0.419. The van der Waals surface area contributed by atoms with Gasteiger partial charge in [0.1, 0.15) is 0 Å². The summed E-state index contributed by atoms with van der Waals surface area (Å²) in [4.78, 5) is 11.2. The third kappa shape index (κ3) is 4.97. The molecule has 0 saturated carbocycles. The van der Waals surface area contributed by atoms with Gasteiger partial charge in [0.05, 0.1) is 16.8 Å². The summed E-state index contributed by atoms with van der Waals surface area (Å²) >= 11 is 1.71. The number of guanidine groups is 1. The number of aryl methyl sites for hydroxylation is 1. The van der Waals surface area contributed by atoms with Crippen LogP contribution in [0.2, 0.25) is 0 Å². The first-order chi connectivity index (χ1) is 10.2. The Morgan fingerprint density at radius 3 is 2.86 bits per heavy atom. The lowest BCUT2D eigenvalue weighted by Gasteiger charge is -2.34. The van der Waals surface area contributed by atoms with E-state index in [1.165, 1.54) is 0 Å². The highest BCUT2D eigenvalue weighted by Crippen LogP contribution is 2.13. The molecule has 1 aliphatic rings. The van der Waals surface area contributed by atoms with Crippen LogP contribution in [0, 0.1) is 6.92 Å². The van der Waals surface area contributed by atoms with Crippen LogP contribution in [-0.4, -0.2) is 55.2 Å². The summed E-state index contributed by atoms with van der Waals surface area (Å²) in [6, 6.07) is 0. The Morgan fingerprint density at radius 1 is 1.52 bits per heavy atom. The van der Waals surface area contributed by atoms with Gasteiger partial charge in [-0.1, -0.05) is 0 Å². The lowest BCUT2D eigenvalue weighted by Crippen LogP contribution is -2.47. The van der Waals surface area contributed by atoms with Crippen molar-refractivity contribution in [3.05, 3.63) is 16.1 Å². The number of nitrogens with one attached hydrogen (secondary N) is 1. The molecule has 0 bridgehead atoms. The third-order valence-electron chi connectivity index (χ3n) is 3.69. The summed E-state index contributed by atoms with van der Waals surface area (Å²) in [5.41, 5.74) is 1.16. The maximum absolute atomic E-state index is 5.69. The topological polar surface area (TPSA) is 49.8 Å². The van der Waals surface area contributed by atoms with E-state index in [2.05, 4.69) is 32.5 Å². The van der Waals surface area contributed by atoms with E-state index < -0.39 is 0 Å². The van der Waals surface area contributed by atoms with Gasteiger partial charge in [0.15, 0.2) is 5.96 Å². The maximum atomic E-state index is 5.69. The Hall–Kier alpha value is -1.14. The van der Waals surface area contributed by atoms with E-state index in [0.29, 0.717) is 6.10 Å². The number of aliphatic imine (C=N–C) groups is 1. The molecular weight excluding hydrogens is 284 g/mol. The number of rotatable bonds is 5. The third-order valence-corrected chi connectivity index (χ3v) is 4.51. The fourth-order valence-electron chi connectivity index (χ4n) is 2.63. The first kappa shape index (κ1) is 16.2. The average Bonchev–Trinajstić information content (AvgIpc) is 2.91. The number of hydrogen-bond donors (Lipinski definition) is 1.